The van der Waals surface area contributed by atoms with Crippen LogP contribution in [0.25, 0.3) is 0 Å². The van der Waals surface area contributed by atoms with E-state index in [0.29, 0.717) is 6.42 Å². The van der Waals surface area contributed by atoms with E-state index in [9.17, 15) is 29.1 Å². The predicted molar refractivity (Wildman–Crippen MR) is 108 cm³/mol. The molecule has 11 heteroatoms. The summed E-state index contributed by atoms with van der Waals surface area (Å²) in [5.74, 6) is -4.45. The molecule has 0 aliphatic rings. The first-order valence-corrected chi connectivity index (χ1v) is 9.96. The Bertz CT molecular complexity index is 624. The minimum absolute atomic E-state index is 0.0342. The first kappa shape index (κ1) is 27.3. The van der Waals surface area contributed by atoms with Gasteiger partial charge in [-0.2, -0.15) is 0 Å². The van der Waals surface area contributed by atoms with E-state index >= 15 is 0 Å². The highest BCUT2D eigenvalue weighted by atomic mass is 16.4. The number of hydrogen-bond donors (Lipinski definition) is 6. The molecule has 0 radical (unpaired) electrons. The Kier molecular flexibility index (Phi) is 12.3. The maximum absolute atomic E-state index is 12.6. The summed E-state index contributed by atoms with van der Waals surface area (Å²) >= 11 is 0. The second kappa shape index (κ2) is 13.5. The van der Waals surface area contributed by atoms with Gasteiger partial charge in [0.15, 0.2) is 0 Å². The average Bonchev–Trinajstić information content (AvgIpc) is 2.66. The highest BCUT2D eigenvalue weighted by Gasteiger charge is 2.30. The van der Waals surface area contributed by atoms with Crippen LogP contribution in [0.3, 0.4) is 0 Å². The molecular weight excluding hydrogens is 396 g/mol. The van der Waals surface area contributed by atoms with Crippen molar-refractivity contribution in [2.75, 3.05) is 6.54 Å². The summed E-state index contributed by atoms with van der Waals surface area (Å²) in [4.78, 5) is 58.6. The van der Waals surface area contributed by atoms with Crippen molar-refractivity contribution < 1.29 is 34.2 Å². The minimum atomic E-state index is -1.16. The fourth-order valence-corrected chi connectivity index (χ4v) is 2.59. The zero-order valence-electron chi connectivity index (χ0n) is 17.9. The van der Waals surface area contributed by atoms with Crippen LogP contribution in [-0.4, -0.2) is 64.5 Å². The molecule has 0 bridgehead atoms. The molecule has 0 aromatic rings. The van der Waals surface area contributed by atoms with Crippen LogP contribution in [0.15, 0.2) is 0 Å². The topological polar surface area (TPSA) is 188 Å². The molecule has 0 saturated heterocycles. The maximum atomic E-state index is 12.6. The highest BCUT2D eigenvalue weighted by molar-refractivity contribution is 5.92. The number of hydrogen-bond acceptors (Lipinski definition) is 6. The van der Waals surface area contributed by atoms with E-state index in [4.69, 9.17) is 10.8 Å². The summed E-state index contributed by atoms with van der Waals surface area (Å²) in [6, 6.07) is -3.13. The van der Waals surface area contributed by atoms with Gasteiger partial charge in [0.05, 0.1) is 12.6 Å². The summed E-state index contributed by atoms with van der Waals surface area (Å²) in [6.45, 7) is 6.76. The van der Waals surface area contributed by atoms with Crippen LogP contribution in [0.2, 0.25) is 0 Å². The molecular formula is C19H34N4O7. The average molecular weight is 431 g/mol. The molecule has 172 valence electrons. The van der Waals surface area contributed by atoms with Gasteiger partial charge in [0.2, 0.25) is 17.7 Å². The first-order chi connectivity index (χ1) is 13.9. The number of amides is 3. The molecule has 0 aliphatic carbocycles. The monoisotopic (exact) mass is 430 g/mol. The number of nitrogens with one attached hydrogen (secondary N) is 3. The van der Waals surface area contributed by atoms with Crippen LogP contribution in [0, 0.1) is 11.8 Å². The van der Waals surface area contributed by atoms with Crippen molar-refractivity contribution >= 4 is 29.7 Å². The summed E-state index contributed by atoms with van der Waals surface area (Å²) < 4.78 is 0. The second-order valence-electron chi connectivity index (χ2n) is 7.72. The van der Waals surface area contributed by atoms with Gasteiger partial charge in [-0.05, 0) is 24.7 Å². The van der Waals surface area contributed by atoms with Gasteiger partial charge in [-0.1, -0.05) is 34.1 Å². The van der Waals surface area contributed by atoms with Gasteiger partial charge in [-0.25, -0.2) is 4.79 Å². The standard InChI is InChI=1S/C19H34N4O7/c1-5-11(4)16(19(29)30)23-18(28)13(8-10(2)3)22-14(24)9-21-17(27)12(20)6-7-15(25)26/h10-13,16H,5-9,20H2,1-4H3,(H,21,27)(H,22,24)(H,23,28)(H,25,26)(H,29,30). The van der Waals surface area contributed by atoms with Gasteiger partial charge < -0.3 is 31.9 Å². The Morgan fingerprint density at radius 3 is 2.03 bits per heavy atom. The Morgan fingerprint density at radius 2 is 1.57 bits per heavy atom. The predicted octanol–water partition coefficient (Wildman–Crippen LogP) is -0.559. The molecule has 0 saturated carbocycles. The van der Waals surface area contributed by atoms with Gasteiger partial charge in [-0.15, -0.1) is 0 Å². The molecule has 0 heterocycles. The number of nitrogens with two attached hydrogens (primary N) is 1. The number of aliphatic carboxylic acids is 2. The molecule has 4 atom stereocenters. The molecule has 4 unspecified atom stereocenters. The van der Waals surface area contributed by atoms with E-state index in [2.05, 4.69) is 16.0 Å². The zero-order chi connectivity index (χ0) is 23.4. The van der Waals surface area contributed by atoms with Crippen molar-refractivity contribution in [1.29, 1.82) is 0 Å². The maximum Gasteiger partial charge on any atom is 0.326 e. The number of carboxylic acid groups (broad SMARTS) is 2. The van der Waals surface area contributed by atoms with Gasteiger partial charge in [0.25, 0.3) is 0 Å². The lowest BCUT2D eigenvalue weighted by Gasteiger charge is -2.25. The third-order valence-electron chi connectivity index (χ3n) is 4.56. The fourth-order valence-electron chi connectivity index (χ4n) is 2.59. The fraction of sp³-hybridized carbons (Fsp3) is 0.737. The van der Waals surface area contributed by atoms with Crippen LogP contribution in [0.5, 0.6) is 0 Å². The molecule has 0 aliphatic heterocycles. The molecule has 0 aromatic carbocycles. The summed E-state index contributed by atoms with van der Waals surface area (Å²) in [6.07, 6.45) is 0.467. The zero-order valence-corrected chi connectivity index (χ0v) is 17.9. The highest BCUT2D eigenvalue weighted by Crippen LogP contribution is 2.10. The lowest BCUT2D eigenvalue weighted by Crippen LogP contribution is -2.55. The van der Waals surface area contributed by atoms with E-state index in [1.165, 1.54) is 0 Å². The van der Waals surface area contributed by atoms with Crippen LogP contribution in [0.1, 0.15) is 53.4 Å². The molecule has 3 amide bonds. The number of rotatable bonds is 14. The molecule has 7 N–H and O–H groups in total. The van der Waals surface area contributed by atoms with Crippen molar-refractivity contribution in [3.63, 3.8) is 0 Å². The Labute approximate surface area is 176 Å². The van der Waals surface area contributed by atoms with Crippen LogP contribution in [0.4, 0.5) is 0 Å². The van der Waals surface area contributed by atoms with Gasteiger partial charge >= 0.3 is 11.9 Å². The molecule has 0 aromatic heterocycles. The third-order valence-corrected chi connectivity index (χ3v) is 4.56. The number of carbonyl (C=O) groups excluding carboxylic acids is 3. The molecule has 0 spiro atoms. The van der Waals surface area contributed by atoms with Crippen molar-refractivity contribution in [3.8, 4) is 0 Å². The SMILES string of the molecule is CCC(C)C(NC(=O)C(CC(C)C)NC(=O)CNC(=O)C(N)CCC(=O)O)C(=O)O. The Balaban J connectivity index is 4.89. The van der Waals surface area contributed by atoms with Crippen molar-refractivity contribution in [2.45, 2.75) is 71.5 Å². The molecule has 0 fully saturated rings. The van der Waals surface area contributed by atoms with E-state index in [0.717, 1.165) is 0 Å². The summed E-state index contributed by atoms with van der Waals surface area (Å²) in [5.41, 5.74) is 5.56. The van der Waals surface area contributed by atoms with Crippen LogP contribution < -0.4 is 21.7 Å². The van der Waals surface area contributed by atoms with Gasteiger partial charge in [0.1, 0.15) is 12.1 Å². The van der Waals surface area contributed by atoms with E-state index < -0.39 is 54.3 Å². The van der Waals surface area contributed by atoms with Gasteiger partial charge in [-0.3, -0.25) is 19.2 Å². The van der Waals surface area contributed by atoms with Crippen molar-refractivity contribution in [3.05, 3.63) is 0 Å². The normalized spacial score (nSPS) is 14.9. The lowest BCUT2D eigenvalue weighted by molar-refractivity contribution is -0.144. The Hall–Kier alpha value is -2.69. The van der Waals surface area contributed by atoms with E-state index in [-0.39, 0.29) is 31.1 Å². The summed E-state index contributed by atoms with van der Waals surface area (Å²) in [7, 11) is 0. The molecule has 0 rings (SSSR count). The smallest absolute Gasteiger partial charge is 0.326 e. The number of carboxylic acids is 2. The third kappa shape index (κ3) is 10.7. The largest absolute Gasteiger partial charge is 0.481 e. The van der Waals surface area contributed by atoms with E-state index in [1.54, 1.807) is 6.92 Å². The van der Waals surface area contributed by atoms with Crippen LogP contribution in [-0.2, 0) is 24.0 Å². The second-order valence-corrected chi connectivity index (χ2v) is 7.72. The summed E-state index contributed by atoms with van der Waals surface area (Å²) in [5, 5.41) is 25.2. The molecule has 30 heavy (non-hydrogen) atoms. The molecule has 11 nitrogen and oxygen atoms in total. The van der Waals surface area contributed by atoms with Crippen molar-refractivity contribution in [1.82, 2.24) is 16.0 Å². The van der Waals surface area contributed by atoms with Gasteiger partial charge in [0, 0.05) is 6.42 Å². The van der Waals surface area contributed by atoms with Crippen LogP contribution >= 0.6 is 0 Å². The van der Waals surface area contributed by atoms with Crippen molar-refractivity contribution in [2.24, 2.45) is 17.6 Å². The van der Waals surface area contributed by atoms with E-state index in [1.807, 2.05) is 20.8 Å². The minimum Gasteiger partial charge on any atom is -0.481 e. The Morgan fingerprint density at radius 1 is 0.967 bits per heavy atom. The first-order valence-electron chi connectivity index (χ1n) is 9.96. The lowest BCUT2D eigenvalue weighted by atomic mass is 9.97. The quantitative estimate of drug-likeness (QED) is 0.211. The number of carbonyl (C=O) groups is 5.